The lowest BCUT2D eigenvalue weighted by molar-refractivity contribution is 0.107. The van der Waals surface area contributed by atoms with Crippen LogP contribution >= 0.6 is 0 Å². The molecule has 4 aromatic rings. The van der Waals surface area contributed by atoms with Gasteiger partial charge in [0.1, 0.15) is 47.6 Å². The van der Waals surface area contributed by atoms with Gasteiger partial charge in [-0.3, -0.25) is 4.90 Å². The molecule has 0 aliphatic carbocycles. The number of nitrogens with one attached hydrogen (secondary N) is 1. The van der Waals surface area contributed by atoms with Crippen molar-refractivity contribution in [1.29, 1.82) is 0 Å². The zero-order valence-electron chi connectivity index (χ0n) is 24.0. The van der Waals surface area contributed by atoms with Crippen LogP contribution in [0.1, 0.15) is 32.6 Å². The van der Waals surface area contributed by atoms with E-state index in [1.165, 1.54) is 6.07 Å². The van der Waals surface area contributed by atoms with Crippen LogP contribution in [-0.2, 0) is 0 Å². The lowest BCUT2D eigenvalue weighted by atomic mass is 9.95. The third kappa shape index (κ3) is 4.30. The van der Waals surface area contributed by atoms with Gasteiger partial charge < -0.3 is 19.7 Å². The van der Waals surface area contributed by atoms with E-state index in [0.29, 0.717) is 42.6 Å². The molecule has 4 atom stereocenters. The summed E-state index contributed by atoms with van der Waals surface area (Å²) in [4.78, 5) is 18.3. The van der Waals surface area contributed by atoms with Gasteiger partial charge in [-0.25, -0.2) is 18.2 Å². The van der Waals surface area contributed by atoms with Crippen LogP contribution in [0.15, 0.2) is 36.4 Å². The lowest BCUT2D eigenvalue weighted by Gasteiger charge is -2.39. The Morgan fingerprint density at radius 3 is 2.88 bits per heavy atom. The molecule has 3 fully saturated rings. The zero-order chi connectivity index (χ0) is 29.3. The second kappa shape index (κ2) is 10.2. The first-order valence-electron chi connectivity index (χ1n) is 15.2. The Bertz CT molecular complexity index is 1740. The molecule has 1 N–H and O–H groups in total. The molecule has 3 saturated heterocycles. The Labute approximate surface area is 247 Å². The van der Waals surface area contributed by atoms with E-state index in [1.807, 2.05) is 12.1 Å². The Morgan fingerprint density at radius 1 is 1.12 bits per heavy atom. The molecule has 11 heteroatoms. The van der Waals surface area contributed by atoms with E-state index >= 15 is 8.78 Å². The summed E-state index contributed by atoms with van der Waals surface area (Å²) < 4.78 is 59.2. The number of alkyl halides is 1. The third-order valence-corrected chi connectivity index (χ3v) is 9.74. The van der Waals surface area contributed by atoms with Crippen molar-refractivity contribution in [3.05, 3.63) is 48.0 Å². The molecule has 0 amide bonds. The monoisotopic (exact) mass is 590 g/mol. The Hall–Kier alpha value is -3.70. The molecule has 1 unspecified atom stereocenters. The van der Waals surface area contributed by atoms with Crippen molar-refractivity contribution in [3.8, 4) is 23.1 Å². The number of benzene rings is 2. The molecule has 0 radical (unpaired) electrons. The first-order chi connectivity index (χ1) is 20.9. The number of hydrogen-bond acceptors (Lipinski definition) is 8. The highest BCUT2D eigenvalue weighted by atomic mass is 19.1. The van der Waals surface area contributed by atoms with Crippen molar-refractivity contribution in [1.82, 2.24) is 25.2 Å². The van der Waals surface area contributed by atoms with Gasteiger partial charge in [-0.1, -0.05) is 37.3 Å². The Kier molecular flexibility index (Phi) is 6.38. The molecular formula is C32H33F3N6O2. The molecule has 6 heterocycles. The fourth-order valence-corrected chi connectivity index (χ4v) is 7.50. The van der Waals surface area contributed by atoms with Gasteiger partial charge in [-0.15, -0.1) is 0 Å². The van der Waals surface area contributed by atoms with Crippen LogP contribution in [0.2, 0.25) is 0 Å². The quantitative estimate of drug-likeness (QED) is 0.347. The van der Waals surface area contributed by atoms with E-state index in [9.17, 15) is 4.39 Å². The van der Waals surface area contributed by atoms with Crippen molar-refractivity contribution in [2.24, 2.45) is 0 Å². The van der Waals surface area contributed by atoms with Crippen molar-refractivity contribution in [2.75, 3.05) is 44.3 Å². The van der Waals surface area contributed by atoms with Crippen molar-refractivity contribution < 1.29 is 22.6 Å². The highest BCUT2D eigenvalue weighted by Crippen LogP contribution is 2.44. The highest BCUT2D eigenvalue weighted by molar-refractivity contribution is 6.01. The normalized spacial score (nSPS) is 26.8. The number of hydrogen-bond donors (Lipinski definition) is 1. The topological polar surface area (TPSA) is 75.6 Å². The smallest absolute Gasteiger partial charge is 0.319 e. The number of ether oxygens (including phenoxy) is 2. The molecule has 2 aromatic heterocycles. The van der Waals surface area contributed by atoms with Gasteiger partial charge in [-0.2, -0.15) is 9.97 Å². The second-order valence-electron chi connectivity index (χ2n) is 12.3. The molecule has 8 nitrogen and oxygen atoms in total. The maximum atomic E-state index is 16.7. The SMILES string of the molecule is CC[C@@H]1CN2c3nc(OCC45CCCN4C[C@H](F)C5)nc4c(F)c(-c5c(F)ccc6ccccc56)nc(c34)OC[C@@H]2CN1. The van der Waals surface area contributed by atoms with E-state index in [0.717, 1.165) is 31.2 Å². The maximum absolute atomic E-state index is 16.7. The predicted molar refractivity (Wildman–Crippen MR) is 157 cm³/mol. The summed E-state index contributed by atoms with van der Waals surface area (Å²) in [5.41, 5.74) is -0.572. The van der Waals surface area contributed by atoms with Crippen LogP contribution < -0.4 is 19.7 Å². The number of halogens is 3. The maximum Gasteiger partial charge on any atom is 0.319 e. The fraction of sp³-hybridized carbons (Fsp3) is 0.469. The van der Waals surface area contributed by atoms with Gasteiger partial charge in [0.2, 0.25) is 5.88 Å². The predicted octanol–water partition coefficient (Wildman–Crippen LogP) is 5.03. The fourth-order valence-electron chi connectivity index (χ4n) is 7.50. The average Bonchev–Trinajstić information content (AvgIpc) is 3.50. The number of anilines is 1. The molecule has 0 spiro atoms. The number of fused-ring (bicyclic) bond motifs is 4. The van der Waals surface area contributed by atoms with Crippen molar-refractivity contribution in [2.45, 2.75) is 56.4 Å². The van der Waals surface area contributed by atoms with E-state index in [4.69, 9.17) is 14.5 Å². The molecule has 0 bridgehead atoms. The molecule has 2 aromatic carbocycles. The average molecular weight is 591 g/mol. The van der Waals surface area contributed by atoms with Gasteiger partial charge >= 0.3 is 6.01 Å². The van der Waals surface area contributed by atoms with Gasteiger partial charge in [-0.05, 0) is 42.6 Å². The second-order valence-corrected chi connectivity index (χ2v) is 12.3. The van der Waals surface area contributed by atoms with Crippen LogP contribution in [0, 0.1) is 11.6 Å². The van der Waals surface area contributed by atoms with Crippen LogP contribution in [0.5, 0.6) is 11.9 Å². The zero-order valence-corrected chi connectivity index (χ0v) is 24.0. The summed E-state index contributed by atoms with van der Waals surface area (Å²) in [7, 11) is 0. The number of aromatic nitrogens is 3. The molecular weight excluding hydrogens is 557 g/mol. The van der Waals surface area contributed by atoms with Crippen LogP contribution in [0.4, 0.5) is 19.0 Å². The van der Waals surface area contributed by atoms with Crippen LogP contribution in [-0.4, -0.2) is 83.0 Å². The molecule has 4 aliphatic heterocycles. The minimum Gasteiger partial charge on any atom is -0.475 e. The highest BCUT2D eigenvalue weighted by Gasteiger charge is 2.49. The number of nitrogens with zero attached hydrogens (tertiary/aromatic N) is 5. The van der Waals surface area contributed by atoms with Gasteiger partial charge in [0, 0.05) is 37.7 Å². The van der Waals surface area contributed by atoms with Gasteiger partial charge in [0.25, 0.3) is 0 Å². The van der Waals surface area contributed by atoms with Crippen molar-refractivity contribution in [3.63, 3.8) is 0 Å². The summed E-state index contributed by atoms with van der Waals surface area (Å²) in [6, 6.07) is 10.4. The number of rotatable bonds is 5. The summed E-state index contributed by atoms with van der Waals surface area (Å²) in [6.07, 6.45) is 2.20. The van der Waals surface area contributed by atoms with E-state index < -0.39 is 23.3 Å². The number of piperazine rings is 1. The minimum absolute atomic E-state index is 0.0126. The summed E-state index contributed by atoms with van der Waals surface area (Å²) in [6.45, 7) is 5.13. The van der Waals surface area contributed by atoms with E-state index in [1.54, 1.807) is 18.2 Å². The molecule has 224 valence electrons. The first kappa shape index (κ1) is 26.9. The van der Waals surface area contributed by atoms with E-state index in [-0.39, 0.29) is 54.0 Å². The van der Waals surface area contributed by atoms with Crippen LogP contribution in [0.25, 0.3) is 32.9 Å². The summed E-state index contributed by atoms with van der Waals surface area (Å²) in [5, 5.41) is 5.20. The van der Waals surface area contributed by atoms with Crippen LogP contribution in [0.3, 0.4) is 0 Å². The Morgan fingerprint density at radius 2 is 2.00 bits per heavy atom. The molecule has 4 aliphatic rings. The van der Waals surface area contributed by atoms with Gasteiger partial charge in [0.05, 0.1) is 11.6 Å². The molecule has 43 heavy (non-hydrogen) atoms. The summed E-state index contributed by atoms with van der Waals surface area (Å²) >= 11 is 0. The summed E-state index contributed by atoms with van der Waals surface area (Å²) in [5.74, 6) is -0.702. The van der Waals surface area contributed by atoms with Crippen molar-refractivity contribution >= 4 is 27.5 Å². The van der Waals surface area contributed by atoms with Gasteiger partial charge in [0.15, 0.2) is 5.82 Å². The molecule has 0 saturated carbocycles. The third-order valence-electron chi connectivity index (χ3n) is 9.74. The Balaban J connectivity index is 1.31. The standard InChI is InChI=1S/C32H33F3N6O2/c1-2-20-15-41-21(13-36-20)16-42-30-25-28(26(35)27(37-30)24-22-7-4-3-6-18(22)8-9-23(24)34)38-31(39-29(25)41)43-17-32-10-5-11-40(32)14-19(33)12-32/h3-4,6-9,19-21,36H,2,5,10-17H2,1H3/t19-,20-,21+,32?/m1/s1. The minimum atomic E-state index is -0.903. The van der Waals surface area contributed by atoms with E-state index in [2.05, 4.69) is 32.0 Å². The first-order valence-corrected chi connectivity index (χ1v) is 15.2. The largest absolute Gasteiger partial charge is 0.475 e. The lowest BCUT2D eigenvalue weighted by Crippen LogP contribution is -2.58. The number of pyridine rings is 1. The molecule has 8 rings (SSSR count).